The monoisotopic (exact) mass is 490 g/mol. The first-order chi connectivity index (χ1) is 17.0. The summed E-state index contributed by atoms with van der Waals surface area (Å²) in [4.78, 5) is 38.8. The van der Waals surface area contributed by atoms with Gasteiger partial charge in [0.2, 0.25) is 0 Å². The lowest BCUT2D eigenvalue weighted by Gasteiger charge is -2.48. The van der Waals surface area contributed by atoms with Gasteiger partial charge in [-0.3, -0.25) is 9.59 Å². The highest BCUT2D eigenvalue weighted by Gasteiger charge is 2.77. The molecule has 0 aromatic heterocycles. The number of aliphatic hydroxyl groups is 1. The number of hydrogen-bond acceptors (Lipinski definition) is 6. The van der Waals surface area contributed by atoms with Gasteiger partial charge in [0.05, 0.1) is 11.0 Å². The van der Waals surface area contributed by atoms with Crippen LogP contribution in [0.2, 0.25) is 0 Å². The molecule has 36 heavy (non-hydrogen) atoms. The van der Waals surface area contributed by atoms with Crippen LogP contribution in [0.4, 0.5) is 0 Å². The quantitative estimate of drug-likeness (QED) is 0.257. The Hall–Kier alpha value is -2.47. The van der Waals surface area contributed by atoms with Crippen LogP contribution in [-0.2, 0) is 23.9 Å². The lowest BCUT2D eigenvalue weighted by molar-refractivity contribution is -0.154. The fourth-order valence-corrected chi connectivity index (χ4v) is 9.91. The Labute approximate surface area is 211 Å². The molecule has 7 aliphatic rings. The Morgan fingerprint density at radius 1 is 1.14 bits per heavy atom. The van der Waals surface area contributed by atoms with Gasteiger partial charge in [-0.15, -0.1) is 0 Å². The second-order valence-electron chi connectivity index (χ2n) is 12.8. The largest absolute Gasteiger partial charge is 0.461 e. The van der Waals surface area contributed by atoms with Gasteiger partial charge in [0.15, 0.2) is 0 Å². The van der Waals surface area contributed by atoms with Crippen molar-refractivity contribution in [2.24, 2.45) is 34.5 Å². The number of allylic oxidation sites excluding steroid dienone is 2. The summed E-state index contributed by atoms with van der Waals surface area (Å²) in [5, 5.41) is 11.7. The van der Waals surface area contributed by atoms with E-state index in [9.17, 15) is 19.5 Å². The third kappa shape index (κ3) is 2.41. The molecule has 0 unspecified atom stereocenters. The van der Waals surface area contributed by atoms with Crippen molar-refractivity contribution < 1.29 is 29.0 Å². The molecule has 9 atom stereocenters. The Kier molecular flexibility index (Phi) is 4.34. The summed E-state index contributed by atoms with van der Waals surface area (Å²) < 4.78 is 12.3. The lowest BCUT2D eigenvalue weighted by Crippen LogP contribution is -2.50. The van der Waals surface area contributed by atoms with E-state index in [1.165, 1.54) is 5.57 Å². The summed E-state index contributed by atoms with van der Waals surface area (Å²) in [5.74, 6) is -0.727. The zero-order valence-electron chi connectivity index (χ0n) is 21.3. The van der Waals surface area contributed by atoms with Crippen LogP contribution in [0, 0.1) is 34.5 Å². The van der Waals surface area contributed by atoms with Crippen molar-refractivity contribution in [3.8, 4) is 0 Å². The molecule has 2 saturated heterocycles. The molecule has 2 bridgehead atoms. The van der Waals surface area contributed by atoms with Crippen LogP contribution in [0.1, 0.15) is 65.7 Å². The van der Waals surface area contributed by atoms with E-state index in [2.05, 4.69) is 26.5 Å². The number of hydrogen-bond donors (Lipinski definition) is 1. The highest BCUT2D eigenvalue weighted by Crippen LogP contribution is 2.76. The first-order valence-corrected chi connectivity index (χ1v) is 13.5. The number of carbonyl (C=O) groups excluding carboxylic acids is 3. The predicted octanol–water partition coefficient (Wildman–Crippen LogP) is 4.14. The minimum absolute atomic E-state index is 0.0359. The number of aldehydes is 1. The van der Waals surface area contributed by atoms with Crippen LogP contribution in [0.5, 0.6) is 0 Å². The van der Waals surface area contributed by atoms with Gasteiger partial charge in [-0.05, 0) is 87.0 Å². The molecule has 0 radical (unpaired) electrons. The molecule has 1 N–H and O–H groups in total. The molecule has 0 amide bonds. The molecule has 0 aromatic carbocycles. The Morgan fingerprint density at radius 3 is 2.67 bits per heavy atom. The van der Waals surface area contributed by atoms with Gasteiger partial charge in [0.25, 0.3) is 0 Å². The minimum Gasteiger partial charge on any atom is -0.461 e. The molecule has 0 aromatic rings. The maximum atomic E-state index is 14.1. The molecule has 1 spiro atoms. The van der Waals surface area contributed by atoms with E-state index < -0.39 is 22.5 Å². The van der Waals surface area contributed by atoms with Crippen LogP contribution < -0.4 is 0 Å². The molecule has 7 rings (SSSR count). The van der Waals surface area contributed by atoms with Crippen LogP contribution in [0.15, 0.2) is 46.1 Å². The van der Waals surface area contributed by atoms with E-state index in [0.717, 1.165) is 47.8 Å². The molecule has 3 fully saturated rings. The Bertz CT molecular complexity index is 1250. The van der Waals surface area contributed by atoms with Crippen molar-refractivity contribution >= 4 is 18.2 Å². The van der Waals surface area contributed by atoms with Crippen molar-refractivity contribution in [3.05, 3.63) is 46.1 Å². The van der Waals surface area contributed by atoms with Gasteiger partial charge >= 0.3 is 11.9 Å². The van der Waals surface area contributed by atoms with E-state index in [0.29, 0.717) is 31.3 Å². The maximum absolute atomic E-state index is 14.1. The fraction of sp³-hybridized carbons (Fsp3) is 0.633. The predicted molar refractivity (Wildman–Crippen MR) is 130 cm³/mol. The maximum Gasteiger partial charge on any atom is 0.334 e. The zero-order chi connectivity index (χ0) is 25.4. The SMILES string of the molecule is C=C1C(=O)O[C@@H]2C3=C([C@H]4C[C@@]3(C)[C@]3(C4)C(=O)O[C@@H]4[C@H]5C(C)=CCC5=C(C=O)CC[C@H]43)[C@@](C)(O)CC[C@@H]12. The van der Waals surface area contributed by atoms with Crippen LogP contribution in [0.3, 0.4) is 0 Å². The molecular weight excluding hydrogens is 456 g/mol. The number of ether oxygens (including phenoxy) is 2. The number of esters is 2. The van der Waals surface area contributed by atoms with Crippen LogP contribution >= 0.6 is 0 Å². The highest BCUT2D eigenvalue weighted by molar-refractivity contribution is 5.92. The van der Waals surface area contributed by atoms with E-state index in [4.69, 9.17) is 9.47 Å². The molecular formula is C30H34O6. The molecule has 6 nitrogen and oxygen atoms in total. The fourth-order valence-electron chi connectivity index (χ4n) is 9.91. The second kappa shape index (κ2) is 6.89. The molecule has 2 heterocycles. The van der Waals surface area contributed by atoms with E-state index in [1.807, 2.05) is 6.92 Å². The van der Waals surface area contributed by atoms with Gasteiger partial charge in [0.1, 0.15) is 18.5 Å². The lowest BCUT2D eigenvalue weighted by atomic mass is 9.53. The van der Waals surface area contributed by atoms with Crippen molar-refractivity contribution in [3.63, 3.8) is 0 Å². The highest BCUT2D eigenvalue weighted by atomic mass is 16.6. The molecule has 190 valence electrons. The van der Waals surface area contributed by atoms with Gasteiger partial charge in [0, 0.05) is 28.7 Å². The first kappa shape index (κ1) is 22.7. The summed E-state index contributed by atoms with van der Waals surface area (Å²) in [6.07, 6.45) is 7.10. The van der Waals surface area contributed by atoms with Crippen molar-refractivity contribution in [2.75, 3.05) is 0 Å². The summed E-state index contributed by atoms with van der Waals surface area (Å²) in [5.41, 5.74) is 3.23. The average Bonchev–Trinajstić information content (AvgIpc) is 3.53. The number of rotatable bonds is 1. The summed E-state index contributed by atoms with van der Waals surface area (Å²) in [6, 6.07) is 0. The van der Waals surface area contributed by atoms with Gasteiger partial charge in [-0.25, -0.2) is 4.79 Å². The van der Waals surface area contributed by atoms with Crippen LogP contribution in [-0.4, -0.2) is 41.1 Å². The summed E-state index contributed by atoms with van der Waals surface area (Å²) in [6.45, 7) is 10.2. The number of carbonyl (C=O) groups is 3. The van der Waals surface area contributed by atoms with E-state index in [-0.39, 0.29) is 41.7 Å². The molecule has 5 aliphatic carbocycles. The zero-order valence-corrected chi connectivity index (χ0v) is 21.3. The van der Waals surface area contributed by atoms with Gasteiger partial charge in [-0.1, -0.05) is 25.2 Å². The minimum atomic E-state index is -1.01. The summed E-state index contributed by atoms with van der Waals surface area (Å²) >= 11 is 0. The smallest absolute Gasteiger partial charge is 0.334 e. The molecule has 2 aliphatic heterocycles. The van der Waals surface area contributed by atoms with Crippen LogP contribution in [0.25, 0.3) is 0 Å². The van der Waals surface area contributed by atoms with Gasteiger partial charge in [-0.2, -0.15) is 0 Å². The Balaban J connectivity index is 1.39. The third-order valence-electron chi connectivity index (χ3n) is 11.4. The first-order valence-electron chi connectivity index (χ1n) is 13.5. The number of fused-ring (bicyclic) bond motifs is 11. The topological polar surface area (TPSA) is 89.9 Å². The third-order valence-corrected chi connectivity index (χ3v) is 11.4. The standard InChI is InChI=1S/C30H34O6/c1-14-5-7-19-16(13-31)6-8-20-25(21(14)19)36-27(33)30(20)12-17-11-28(30,3)23-22(17)29(4,34)10-9-18-15(2)26(32)35-24(18)23/h5,13,17-18,20-21,24-25,34H,2,6-12H2,1,3-4H3/t17-,18-,20+,21-,24-,25-,28+,29-,30-/m0/s1. The average molecular weight is 491 g/mol. The summed E-state index contributed by atoms with van der Waals surface area (Å²) in [7, 11) is 0. The van der Waals surface area contributed by atoms with Crippen molar-refractivity contribution in [2.45, 2.75) is 83.5 Å². The second-order valence-corrected chi connectivity index (χ2v) is 12.8. The van der Waals surface area contributed by atoms with E-state index in [1.54, 1.807) is 0 Å². The molecule has 6 heteroatoms. The van der Waals surface area contributed by atoms with Gasteiger partial charge < -0.3 is 14.6 Å². The Morgan fingerprint density at radius 2 is 1.92 bits per heavy atom. The van der Waals surface area contributed by atoms with E-state index >= 15 is 0 Å². The molecule has 1 saturated carbocycles. The van der Waals surface area contributed by atoms with Crippen molar-refractivity contribution in [1.29, 1.82) is 0 Å². The normalized spacial score (nSPS) is 48.8. The van der Waals surface area contributed by atoms with Crippen molar-refractivity contribution in [1.82, 2.24) is 0 Å².